The Bertz CT molecular complexity index is 270. The molecule has 0 aliphatic carbocycles. The summed E-state index contributed by atoms with van der Waals surface area (Å²) in [6.07, 6.45) is -0.910. The minimum absolute atomic E-state index is 0.725. The van der Waals surface area contributed by atoms with Crippen LogP contribution in [0.4, 0.5) is 0 Å². The lowest BCUT2D eigenvalue weighted by molar-refractivity contribution is -0.169. The standard InChI is InChI=1S/C10H20N2O4/c1-10(2,3)16-9(15)6(8(13)14)7(11)12(4)5/h6-7H,11H2,1-5H3,(H,13,14). The van der Waals surface area contributed by atoms with Crippen LogP contribution in [0.1, 0.15) is 20.8 Å². The van der Waals surface area contributed by atoms with Crippen LogP contribution in [0.2, 0.25) is 0 Å². The topological polar surface area (TPSA) is 92.9 Å². The lowest BCUT2D eigenvalue weighted by atomic mass is 10.1. The number of hydrogen-bond donors (Lipinski definition) is 2. The SMILES string of the molecule is CN(C)C(N)C(C(=O)O)C(=O)OC(C)(C)C. The zero-order valence-electron chi connectivity index (χ0n) is 10.4. The fraction of sp³-hybridized carbons (Fsp3) is 0.800. The summed E-state index contributed by atoms with van der Waals surface area (Å²) in [5.74, 6) is -3.48. The molecule has 0 aromatic carbocycles. The summed E-state index contributed by atoms with van der Waals surface area (Å²) in [5.41, 5.74) is 4.90. The molecule has 0 heterocycles. The summed E-state index contributed by atoms with van der Waals surface area (Å²) in [6.45, 7) is 5.01. The second-order valence-electron chi connectivity index (χ2n) is 4.80. The smallest absolute Gasteiger partial charge is 0.323 e. The maximum absolute atomic E-state index is 11.6. The summed E-state index contributed by atoms with van der Waals surface area (Å²) in [7, 11) is 3.20. The van der Waals surface area contributed by atoms with Gasteiger partial charge in [-0.2, -0.15) is 0 Å². The van der Waals surface area contributed by atoms with Crippen molar-refractivity contribution < 1.29 is 19.4 Å². The van der Waals surface area contributed by atoms with Crippen LogP contribution in [0.3, 0.4) is 0 Å². The fourth-order valence-corrected chi connectivity index (χ4v) is 1.05. The Balaban J connectivity index is 4.81. The second-order valence-corrected chi connectivity index (χ2v) is 4.80. The van der Waals surface area contributed by atoms with Gasteiger partial charge >= 0.3 is 11.9 Å². The normalized spacial score (nSPS) is 15.7. The number of ether oxygens (including phenoxy) is 1. The van der Waals surface area contributed by atoms with E-state index in [-0.39, 0.29) is 0 Å². The quantitative estimate of drug-likeness (QED) is 0.398. The highest BCUT2D eigenvalue weighted by Gasteiger charge is 2.37. The molecule has 0 spiro atoms. The Morgan fingerprint density at radius 1 is 1.31 bits per heavy atom. The molecule has 0 saturated heterocycles. The molecule has 94 valence electrons. The van der Waals surface area contributed by atoms with Crippen LogP contribution >= 0.6 is 0 Å². The maximum Gasteiger partial charge on any atom is 0.323 e. The molecule has 2 atom stereocenters. The van der Waals surface area contributed by atoms with E-state index in [9.17, 15) is 9.59 Å². The Labute approximate surface area is 95.4 Å². The molecule has 2 unspecified atom stereocenters. The molecule has 0 rings (SSSR count). The van der Waals surface area contributed by atoms with Crippen molar-refractivity contribution in [3.63, 3.8) is 0 Å². The molecule has 0 aromatic rings. The number of carbonyl (C=O) groups is 2. The molecule has 6 heteroatoms. The van der Waals surface area contributed by atoms with E-state index in [4.69, 9.17) is 15.6 Å². The number of esters is 1. The van der Waals surface area contributed by atoms with Gasteiger partial charge in [-0.3, -0.25) is 14.5 Å². The molecule has 16 heavy (non-hydrogen) atoms. The highest BCUT2D eigenvalue weighted by Crippen LogP contribution is 2.14. The van der Waals surface area contributed by atoms with Crippen molar-refractivity contribution in [1.29, 1.82) is 0 Å². The molecular formula is C10H20N2O4. The summed E-state index contributed by atoms with van der Waals surface area (Å²) in [4.78, 5) is 24.1. The Morgan fingerprint density at radius 3 is 2.00 bits per heavy atom. The number of carboxylic acid groups (broad SMARTS) is 1. The molecule has 0 fully saturated rings. The first-order chi connectivity index (χ1) is 7.06. The molecule has 0 aliphatic rings. The first-order valence-corrected chi connectivity index (χ1v) is 4.94. The van der Waals surface area contributed by atoms with E-state index in [1.165, 1.54) is 4.90 Å². The number of nitrogens with zero attached hydrogens (tertiary/aromatic N) is 1. The molecule has 0 amide bonds. The second kappa shape index (κ2) is 5.27. The van der Waals surface area contributed by atoms with Crippen molar-refractivity contribution in [2.24, 2.45) is 11.7 Å². The van der Waals surface area contributed by atoms with Gasteiger partial charge in [-0.1, -0.05) is 0 Å². The van der Waals surface area contributed by atoms with Crippen molar-refractivity contribution in [1.82, 2.24) is 4.90 Å². The third kappa shape index (κ3) is 4.59. The van der Waals surface area contributed by atoms with Crippen molar-refractivity contribution in [3.8, 4) is 0 Å². The molecule has 0 aliphatic heterocycles. The molecular weight excluding hydrogens is 212 g/mol. The van der Waals surface area contributed by atoms with E-state index in [2.05, 4.69) is 0 Å². The third-order valence-corrected chi connectivity index (χ3v) is 1.86. The van der Waals surface area contributed by atoms with E-state index in [1.807, 2.05) is 0 Å². The highest BCUT2D eigenvalue weighted by atomic mass is 16.6. The van der Waals surface area contributed by atoms with E-state index in [0.29, 0.717) is 0 Å². The number of carbonyl (C=O) groups excluding carboxylic acids is 1. The van der Waals surface area contributed by atoms with Gasteiger partial charge in [0.05, 0.1) is 6.17 Å². The van der Waals surface area contributed by atoms with Crippen LogP contribution in [-0.2, 0) is 14.3 Å². The summed E-state index contributed by atoms with van der Waals surface area (Å²) in [6, 6.07) is 0. The number of nitrogens with two attached hydrogens (primary N) is 1. The molecule has 0 aromatic heterocycles. The van der Waals surface area contributed by atoms with E-state index >= 15 is 0 Å². The van der Waals surface area contributed by atoms with Gasteiger partial charge in [-0.05, 0) is 34.9 Å². The Morgan fingerprint density at radius 2 is 1.75 bits per heavy atom. The van der Waals surface area contributed by atoms with Gasteiger partial charge in [0.15, 0.2) is 5.92 Å². The molecule has 0 radical (unpaired) electrons. The molecule has 0 bridgehead atoms. The summed E-state index contributed by atoms with van der Waals surface area (Å²) < 4.78 is 5.01. The minimum atomic E-state index is -1.38. The molecule has 0 saturated carbocycles. The van der Waals surface area contributed by atoms with Gasteiger partial charge in [0, 0.05) is 0 Å². The van der Waals surface area contributed by atoms with Crippen molar-refractivity contribution in [3.05, 3.63) is 0 Å². The Hall–Kier alpha value is -1.14. The lowest BCUT2D eigenvalue weighted by Crippen LogP contribution is -2.51. The number of carboxylic acids is 1. The maximum atomic E-state index is 11.6. The number of hydrogen-bond acceptors (Lipinski definition) is 5. The molecule has 6 nitrogen and oxygen atoms in total. The monoisotopic (exact) mass is 232 g/mol. The average Bonchev–Trinajstić information content (AvgIpc) is 1.99. The number of rotatable bonds is 4. The van der Waals surface area contributed by atoms with Gasteiger partial charge in [0.25, 0.3) is 0 Å². The average molecular weight is 232 g/mol. The highest BCUT2D eigenvalue weighted by molar-refractivity contribution is 5.94. The Kier molecular flexibility index (Phi) is 4.89. The lowest BCUT2D eigenvalue weighted by Gasteiger charge is -2.28. The van der Waals surface area contributed by atoms with Crippen LogP contribution < -0.4 is 5.73 Å². The fourth-order valence-electron chi connectivity index (χ4n) is 1.05. The predicted octanol–water partition coefficient (Wildman–Crippen LogP) is -0.125. The number of aliphatic carboxylic acids is 1. The zero-order valence-corrected chi connectivity index (χ0v) is 10.4. The van der Waals surface area contributed by atoms with Crippen LogP contribution in [0.25, 0.3) is 0 Å². The first kappa shape index (κ1) is 14.9. The van der Waals surface area contributed by atoms with Crippen molar-refractivity contribution >= 4 is 11.9 Å². The van der Waals surface area contributed by atoms with Gasteiger partial charge in [0.2, 0.25) is 0 Å². The largest absolute Gasteiger partial charge is 0.481 e. The van der Waals surface area contributed by atoms with Crippen molar-refractivity contribution in [2.45, 2.75) is 32.5 Å². The third-order valence-electron chi connectivity index (χ3n) is 1.86. The first-order valence-electron chi connectivity index (χ1n) is 4.94. The zero-order chi connectivity index (χ0) is 13.1. The van der Waals surface area contributed by atoms with E-state index < -0.39 is 29.6 Å². The van der Waals surface area contributed by atoms with Crippen LogP contribution in [0.5, 0.6) is 0 Å². The summed E-state index contributed by atoms with van der Waals surface area (Å²) in [5, 5.41) is 8.95. The summed E-state index contributed by atoms with van der Waals surface area (Å²) >= 11 is 0. The van der Waals surface area contributed by atoms with Crippen LogP contribution in [-0.4, -0.2) is 47.8 Å². The van der Waals surface area contributed by atoms with Crippen molar-refractivity contribution in [2.75, 3.05) is 14.1 Å². The van der Waals surface area contributed by atoms with Gasteiger partial charge < -0.3 is 15.6 Å². The van der Waals surface area contributed by atoms with Crippen LogP contribution in [0, 0.1) is 5.92 Å². The molecule has 3 N–H and O–H groups in total. The van der Waals surface area contributed by atoms with Crippen LogP contribution in [0.15, 0.2) is 0 Å². The van der Waals surface area contributed by atoms with Gasteiger partial charge in [0.1, 0.15) is 5.60 Å². The van der Waals surface area contributed by atoms with E-state index in [0.717, 1.165) is 0 Å². The van der Waals surface area contributed by atoms with Gasteiger partial charge in [-0.25, -0.2) is 0 Å². The van der Waals surface area contributed by atoms with E-state index in [1.54, 1.807) is 34.9 Å². The minimum Gasteiger partial charge on any atom is -0.481 e. The predicted molar refractivity (Wildman–Crippen MR) is 58.6 cm³/mol. The van der Waals surface area contributed by atoms with Gasteiger partial charge in [-0.15, -0.1) is 0 Å².